The molecule has 3 aliphatic rings. The van der Waals surface area contributed by atoms with E-state index in [0.29, 0.717) is 23.3 Å². The Kier molecular flexibility index (Phi) is 1.53. The fourth-order valence-electron chi connectivity index (χ4n) is 4.00. The first-order valence-electron chi connectivity index (χ1n) is 5.44. The summed E-state index contributed by atoms with van der Waals surface area (Å²) < 4.78 is 0. The monoisotopic (exact) mass is 190 g/mol. The number of carbonyl (C=O) groups excluding carboxylic acids is 2. The van der Waals surface area contributed by atoms with E-state index in [1.54, 1.807) is 0 Å². The van der Waals surface area contributed by atoms with E-state index in [4.69, 9.17) is 0 Å². The second-order valence-electron chi connectivity index (χ2n) is 4.96. The number of rotatable bonds is 1. The summed E-state index contributed by atoms with van der Waals surface area (Å²) in [6.45, 7) is 1.98. The van der Waals surface area contributed by atoms with E-state index in [1.807, 2.05) is 6.92 Å². The maximum absolute atomic E-state index is 11.9. The molecule has 0 radical (unpaired) electrons. The largest absolute Gasteiger partial charge is 0.298 e. The summed E-state index contributed by atoms with van der Waals surface area (Å²) in [5, 5.41) is 0. The number of ketones is 1. The van der Waals surface area contributed by atoms with Gasteiger partial charge in [-0.1, -0.05) is 5.57 Å². The Morgan fingerprint density at radius 3 is 2.43 bits per heavy atom. The molecule has 3 aliphatic carbocycles. The molecule has 2 nitrogen and oxygen atoms in total. The Balaban J connectivity index is 2.07. The molecule has 0 saturated heterocycles. The highest BCUT2D eigenvalue weighted by Crippen LogP contribution is 2.58. The van der Waals surface area contributed by atoms with Gasteiger partial charge in [0.2, 0.25) is 0 Å². The fraction of sp³-hybridized carbons (Fsp3) is 0.667. The molecule has 0 aromatic carbocycles. The van der Waals surface area contributed by atoms with Gasteiger partial charge < -0.3 is 0 Å². The lowest BCUT2D eigenvalue weighted by molar-refractivity contribution is -0.121. The predicted octanol–water partition coefficient (Wildman–Crippen LogP) is 1.75. The Bertz CT molecular complexity index is 353. The third-order valence-electron chi connectivity index (χ3n) is 4.53. The van der Waals surface area contributed by atoms with Gasteiger partial charge in [-0.25, -0.2) is 0 Å². The number of allylic oxidation sites excluding steroid dienone is 2. The topological polar surface area (TPSA) is 34.1 Å². The minimum absolute atomic E-state index is 0.148. The average Bonchev–Trinajstić information content (AvgIpc) is 2.80. The number of Topliss-reactive ketones (excluding diaryl/α,β-unsaturated/α-hetero) is 1. The predicted molar refractivity (Wildman–Crippen MR) is 51.6 cm³/mol. The van der Waals surface area contributed by atoms with Crippen LogP contribution in [0.1, 0.15) is 26.2 Å². The molecular formula is C12H14O2. The van der Waals surface area contributed by atoms with Crippen LogP contribution in [0.15, 0.2) is 11.1 Å². The summed E-state index contributed by atoms with van der Waals surface area (Å²) in [7, 11) is 0. The zero-order valence-corrected chi connectivity index (χ0v) is 8.32. The maximum Gasteiger partial charge on any atom is 0.170 e. The Hall–Kier alpha value is -0.920. The van der Waals surface area contributed by atoms with E-state index < -0.39 is 0 Å². The van der Waals surface area contributed by atoms with E-state index in [0.717, 1.165) is 11.9 Å². The smallest absolute Gasteiger partial charge is 0.170 e. The van der Waals surface area contributed by atoms with Gasteiger partial charge in [-0.15, -0.1) is 0 Å². The number of carbonyl (C=O) groups is 2. The van der Waals surface area contributed by atoms with Crippen LogP contribution in [-0.2, 0) is 9.59 Å². The molecule has 3 rings (SSSR count). The Labute approximate surface area is 83.4 Å². The lowest BCUT2D eigenvalue weighted by Gasteiger charge is -2.24. The molecular weight excluding hydrogens is 176 g/mol. The second-order valence-corrected chi connectivity index (χ2v) is 4.96. The normalized spacial score (nSPS) is 44.8. The van der Waals surface area contributed by atoms with E-state index in [9.17, 15) is 9.59 Å². The highest BCUT2D eigenvalue weighted by molar-refractivity contribution is 6.16. The minimum atomic E-state index is 0.148. The molecule has 2 fully saturated rings. The minimum Gasteiger partial charge on any atom is -0.298 e. The molecule has 2 bridgehead atoms. The first-order valence-corrected chi connectivity index (χ1v) is 5.44. The molecule has 0 aromatic rings. The van der Waals surface area contributed by atoms with Crippen molar-refractivity contribution in [1.29, 1.82) is 0 Å². The van der Waals surface area contributed by atoms with Crippen LogP contribution in [0.25, 0.3) is 0 Å². The average molecular weight is 190 g/mol. The van der Waals surface area contributed by atoms with E-state index >= 15 is 0 Å². The van der Waals surface area contributed by atoms with Crippen molar-refractivity contribution >= 4 is 12.1 Å². The zero-order chi connectivity index (χ0) is 9.87. The quantitative estimate of drug-likeness (QED) is 0.466. The molecule has 0 amide bonds. The van der Waals surface area contributed by atoms with Gasteiger partial charge in [0, 0.05) is 5.92 Å². The molecule has 0 spiro atoms. The van der Waals surface area contributed by atoms with Crippen LogP contribution in [0.2, 0.25) is 0 Å². The molecule has 2 heteroatoms. The first-order chi connectivity index (χ1) is 6.74. The van der Waals surface area contributed by atoms with Crippen molar-refractivity contribution in [3.05, 3.63) is 11.1 Å². The van der Waals surface area contributed by atoms with Gasteiger partial charge in [0.05, 0.1) is 5.57 Å². The van der Waals surface area contributed by atoms with Crippen molar-refractivity contribution in [3.63, 3.8) is 0 Å². The molecule has 0 unspecified atom stereocenters. The fourth-order valence-corrected chi connectivity index (χ4v) is 4.00. The van der Waals surface area contributed by atoms with Crippen LogP contribution >= 0.6 is 0 Å². The molecule has 0 N–H and O–H groups in total. The SMILES string of the molecule is CC1=C(C=O)C(=O)[C@@H]2[C@H]3CC[C@H](C3)[C@H]12. The number of fused-ring (bicyclic) bond motifs is 5. The van der Waals surface area contributed by atoms with Crippen molar-refractivity contribution < 1.29 is 9.59 Å². The highest BCUT2D eigenvalue weighted by Gasteiger charge is 2.55. The van der Waals surface area contributed by atoms with Crippen molar-refractivity contribution in [1.82, 2.24) is 0 Å². The van der Waals surface area contributed by atoms with Crippen molar-refractivity contribution in [2.45, 2.75) is 26.2 Å². The lowest BCUT2D eigenvalue weighted by atomic mass is 9.79. The van der Waals surface area contributed by atoms with Gasteiger partial charge in [-0.05, 0) is 43.9 Å². The second kappa shape index (κ2) is 2.56. The van der Waals surface area contributed by atoms with Gasteiger partial charge in [-0.3, -0.25) is 9.59 Å². The van der Waals surface area contributed by atoms with Crippen LogP contribution in [0, 0.1) is 23.7 Å². The molecule has 0 aromatic heterocycles. The summed E-state index contributed by atoms with van der Waals surface area (Å²) in [4.78, 5) is 22.7. The Morgan fingerprint density at radius 1 is 1.21 bits per heavy atom. The lowest BCUT2D eigenvalue weighted by Crippen LogP contribution is -2.24. The molecule has 4 atom stereocenters. The van der Waals surface area contributed by atoms with E-state index in [-0.39, 0.29) is 11.7 Å². The highest BCUT2D eigenvalue weighted by atomic mass is 16.1. The molecule has 0 heterocycles. The van der Waals surface area contributed by atoms with Crippen LogP contribution in [0.4, 0.5) is 0 Å². The van der Waals surface area contributed by atoms with E-state index in [1.165, 1.54) is 19.3 Å². The van der Waals surface area contributed by atoms with E-state index in [2.05, 4.69) is 0 Å². The number of hydrogen-bond acceptors (Lipinski definition) is 2. The van der Waals surface area contributed by atoms with Crippen molar-refractivity contribution in [2.75, 3.05) is 0 Å². The Morgan fingerprint density at radius 2 is 1.86 bits per heavy atom. The molecule has 14 heavy (non-hydrogen) atoms. The van der Waals surface area contributed by atoms with Gasteiger partial charge in [-0.2, -0.15) is 0 Å². The zero-order valence-electron chi connectivity index (χ0n) is 8.32. The maximum atomic E-state index is 11.9. The third kappa shape index (κ3) is 0.776. The molecule has 74 valence electrons. The van der Waals surface area contributed by atoms with Gasteiger partial charge >= 0.3 is 0 Å². The van der Waals surface area contributed by atoms with Gasteiger partial charge in [0.15, 0.2) is 12.1 Å². The van der Waals surface area contributed by atoms with Crippen LogP contribution in [0.5, 0.6) is 0 Å². The number of hydrogen-bond donors (Lipinski definition) is 0. The van der Waals surface area contributed by atoms with Gasteiger partial charge in [0.25, 0.3) is 0 Å². The standard InChI is InChI=1S/C12H14O2/c1-6-9(5-13)12(14)11-8-3-2-7(4-8)10(6)11/h5,7-8,10-11H,2-4H2,1H3/t7-,8+,10+,11-/m1/s1. The summed E-state index contributed by atoms with van der Waals surface area (Å²) in [6, 6.07) is 0. The molecule has 0 aliphatic heterocycles. The summed E-state index contributed by atoms with van der Waals surface area (Å²) in [5.41, 5.74) is 1.58. The molecule has 2 saturated carbocycles. The van der Waals surface area contributed by atoms with Crippen LogP contribution in [-0.4, -0.2) is 12.1 Å². The van der Waals surface area contributed by atoms with Crippen LogP contribution in [0.3, 0.4) is 0 Å². The van der Waals surface area contributed by atoms with Gasteiger partial charge in [0.1, 0.15) is 0 Å². The first kappa shape index (κ1) is 8.39. The number of aldehydes is 1. The third-order valence-corrected chi connectivity index (χ3v) is 4.53. The van der Waals surface area contributed by atoms with Crippen LogP contribution < -0.4 is 0 Å². The summed E-state index contributed by atoms with van der Waals surface area (Å²) >= 11 is 0. The van der Waals surface area contributed by atoms with Crippen molar-refractivity contribution in [3.8, 4) is 0 Å². The summed E-state index contributed by atoms with van der Waals surface area (Å²) in [6.07, 6.45) is 4.47. The summed E-state index contributed by atoms with van der Waals surface area (Å²) in [5.74, 6) is 2.06. The van der Waals surface area contributed by atoms with Crippen molar-refractivity contribution in [2.24, 2.45) is 23.7 Å².